The van der Waals surface area contributed by atoms with Gasteiger partial charge < -0.3 is 14.8 Å². The third-order valence-corrected chi connectivity index (χ3v) is 6.95. The van der Waals surface area contributed by atoms with E-state index in [2.05, 4.69) is 5.32 Å². The molecule has 8 nitrogen and oxygen atoms in total. The number of primary sulfonamides is 1. The minimum atomic E-state index is -4.05. The van der Waals surface area contributed by atoms with Crippen LogP contribution in [0.4, 0.5) is 8.78 Å². The predicted molar refractivity (Wildman–Crippen MR) is 122 cm³/mol. The molecule has 0 spiro atoms. The summed E-state index contributed by atoms with van der Waals surface area (Å²) in [6, 6.07) is 9.78. The summed E-state index contributed by atoms with van der Waals surface area (Å²) in [5, 5.41) is 8.08. The number of hydrogen-bond acceptors (Lipinski definition) is 4. The molecule has 0 aliphatic carbocycles. The van der Waals surface area contributed by atoms with Gasteiger partial charge in [0.2, 0.25) is 21.8 Å². The Balaban J connectivity index is 1.52. The highest BCUT2D eigenvalue weighted by molar-refractivity contribution is 7.89. The van der Waals surface area contributed by atoms with Crippen LogP contribution >= 0.6 is 11.6 Å². The van der Waals surface area contributed by atoms with E-state index in [-0.39, 0.29) is 41.5 Å². The number of likely N-dealkylation sites (tertiary alicyclic amines) is 1. The van der Waals surface area contributed by atoms with Crippen molar-refractivity contribution in [3.63, 3.8) is 0 Å². The van der Waals surface area contributed by atoms with E-state index in [1.54, 1.807) is 24.3 Å². The normalized spacial score (nSPS) is 18.4. The van der Waals surface area contributed by atoms with Gasteiger partial charge in [-0.25, -0.2) is 22.3 Å². The van der Waals surface area contributed by atoms with Crippen LogP contribution in [-0.2, 0) is 32.7 Å². The molecular weight excluding hydrogens is 490 g/mol. The Morgan fingerprint density at radius 2 is 1.91 bits per heavy atom. The summed E-state index contributed by atoms with van der Waals surface area (Å²) in [4.78, 5) is 26.8. The summed E-state index contributed by atoms with van der Waals surface area (Å²) in [6.07, 6.45) is -0.369. The van der Waals surface area contributed by atoms with Crippen LogP contribution in [0.5, 0.6) is 0 Å². The number of nitrogens with one attached hydrogen (secondary N) is 1. The molecule has 0 saturated carbocycles. The lowest BCUT2D eigenvalue weighted by atomic mass is 10.1. The van der Waals surface area contributed by atoms with Crippen molar-refractivity contribution < 1.29 is 26.8 Å². The molecule has 3 aromatic rings. The first kappa shape index (κ1) is 24.1. The van der Waals surface area contributed by atoms with Crippen molar-refractivity contribution in [2.45, 2.75) is 36.6 Å². The largest absolute Gasteiger partial charge is 0.350 e. The zero-order valence-electron chi connectivity index (χ0n) is 17.7. The first-order valence-corrected chi connectivity index (χ1v) is 12.2. The molecule has 2 atom stereocenters. The fraction of sp³-hybridized carbons (Fsp3) is 0.273. The number of fused-ring (bicyclic) bond motifs is 1. The standard InChI is InChI=1S/C22H21ClF2N4O4S/c23-16-6-3-4-13(21(16)25)9-27-22(31)18-8-14(24)10-29(18)20(30)12-28-11-19(34(26,32)33)15-5-1-2-7-17(15)28/h1-7,11,14,18H,8-10,12H2,(H,27,31)(H2,26,32,33)/t14-,18+/m1/s1. The van der Waals surface area contributed by atoms with E-state index in [0.717, 1.165) is 4.90 Å². The third kappa shape index (κ3) is 4.77. The van der Waals surface area contributed by atoms with E-state index in [4.69, 9.17) is 16.7 Å². The lowest BCUT2D eigenvalue weighted by molar-refractivity contribution is -0.139. The second-order valence-electron chi connectivity index (χ2n) is 8.01. The number of nitrogens with zero attached hydrogens (tertiary/aromatic N) is 2. The van der Waals surface area contributed by atoms with Crippen LogP contribution in [0.3, 0.4) is 0 Å². The van der Waals surface area contributed by atoms with E-state index in [9.17, 15) is 26.8 Å². The van der Waals surface area contributed by atoms with Crippen molar-refractivity contribution in [2.75, 3.05) is 6.54 Å². The zero-order valence-corrected chi connectivity index (χ0v) is 19.3. The zero-order chi connectivity index (χ0) is 24.6. The summed E-state index contributed by atoms with van der Waals surface area (Å²) in [6.45, 7) is -0.792. The first-order chi connectivity index (χ1) is 16.1. The molecule has 180 valence electrons. The van der Waals surface area contributed by atoms with Crippen molar-refractivity contribution in [1.29, 1.82) is 0 Å². The Labute approximate surface area is 199 Å². The second-order valence-corrected chi connectivity index (χ2v) is 9.95. The molecule has 0 bridgehead atoms. The van der Waals surface area contributed by atoms with Crippen LogP contribution in [0.1, 0.15) is 12.0 Å². The van der Waals surface area contributed by atoms with Crippen LogP contribution in [0.15, 0.2) is 53.6 Å². The van der Waals surface area contributed by atoms with Gasteiger partial charge in [-0.05, 0) is 12.1 Å². The number of nitrogens with two attached hydrogens (primary N) is 1. The van der Waals surface area contributed by atoms with Gasteiger partial charge in [0.05, 0.1) is 11.6 Å². The number of alkyl halides is 1. The predicted octanol–water partition coefficient (Wildman–Crippen LogP) is 2.34. The molecule has 1 fully saturated rings. The molecule has 1 saturated heterocycles. The maximum absolute atomic E-state index is 14.2. The Hall–Kier alpha value is -3.02. The average Bonchev–Trinajstić information content (AvgIpc) is 3.36. The minimum Gasteiger partial charge on any atom is -0.350 e. The minimum absolute atomic E-state index is 0.0916. The summed E-state index contributed by atoms with van der Waals surface area (Å²) >= 11 is 5.75. The molecule has 0 unspecified atom stereocenters. The molecule has 4 rings (SSSR count). The molecule has 3 N–H and O–H groups in total. The number of carbonyl (C=O) groups is 2. The number of aromatic nitrogens is 1. The summed E-state index contributed by atoms with van der Waals surface area (Å²) in [5.41, 5.74) is 0.608. The smallest absolute Gasteiger partial charge is 0.243 e. The molecule has 2 amide bonds. The number of amides is 2. The molecule has 2 heterocycles. The summed E-state index contributed by atoms with van der Waals surface area (Å²) in [7, 11) is -4.05. The number of benzene rings is 2. The summed E-state index contributed by atoms with van der Waals surface area (Å²) < 4.78 is 53.6. The quantitative estimate of drug-likeness (QED) is 0.529. The van der Waals surface area contributed by atoms with Crippen LogP contribution in [0.25, 0.3) is 10.9 Å². The Bertz CT molecular complexity index is 1380. The maximum Gasteiger partial charge on any atom is 0.243 e. The van der Waals surface area contributed by atoms with Crippen LogP contribution < -0.4 is 10.5 Å². The van der Waals surface area contributed by atoms with E-state index < -0.39 is 39.9 Å². The van der Waals surface area contributed by atoms with Crippen LogP contribution in [0, 0.1) is 5.82 Å². The lowest BCUT2D eigenvalue weighted by Crippen LogP contribution is -2.46. The highest BCUT2D eigenvalue weighted by atomic mass is 35.5. The SMILES string of the molecule is NS(=O)(=O)c1cn(CC(=O)N2C[C@H](F)C[C@H]2C(=O)NCc2cccc(Cl)c2F)c2ccccc12. The van der Waals surface area contributed by atoms with Gasteiger partial charge in [-0.1, -0.05) is 41.9 Å². The highest BCUT2D eigenvalue weighted by Gasteiger charge is 2.39. The van der Waals surface area contributed by atoms with Gasteiger partial charge in [0.1, 0.15) is 29.5 Å². The van der Waals surface area contributed by atoms with Gasteiger partial charge in [0.15, 0.2) is 0 Å². The van der Waals surface area contributed by atoms with Gasteiger partial charge in [0, 0.05) is 35.6 Å². The van der Waals surface area contributed by atoms with Gasteiger partial charge in [-0.3, -0.25) is 9.59 Å². The molecule has 12 heteroatoms. The molecule has 1 aliphatic heterocycles. The van der Waals surface area contributed by atoms with Crippen molar-refractivity contribution in [3.05, 3.63) is 65.1 Å². The van der Waals surface area contributed by atoms with E-state index in [0.29, 0.717) is 10.9 Å². The fourth-order valence-electron chi connectivity index (χ4n) is 4.10. The molecular formula is C22H21ClF2N4O4S. The maximum atomic E-state index is 14.2. The Morgan fingerprint density at radius 3 is 2.65 bits per heavy atom. The third-order valence-electron chi connectivity index (χ3n) is 5.72. The lowest BCUT2D eigenvalue weighted by Gasteiger charge is -2.24. The average molecular weight is 511 g/mol. The molecule has 2 aromatic carbocycles. The van der Waals surface area contributed by atoms with Gasteiger partial charge in [-0.2, -0.15) is 0 Å². The first-order valence-electron chi connectivity index (χ1n) is 10.3. The van der Waals surface area contributed by atoms with Gasteiger partial charge >= 0.3 is 0 Å². The monoisotopic (exact) mass is 510 g/mol. The Kier molecular flexibility index (Phi) is 6.61. The molecule has 0 radical (unpaired) electrons. The van der Waals surface area contributed by atoms with Gasteiger partial charge in [-0.15, -0.1) is 0 Å². The number of hydrogen-bond donors (Lipinski definition) is 2. The van der Waals surface area contributed by atoms with E-state index in [1.807, 2.05) is 0 Å². The molecule has 34 heavy (non-hydrogen) atoms. The Morgan fingerprint density at radius 1 is 1.18 bits per heavy atom. The number of carbonyl (C=O) groups excluding carboxylic acids is 2. The fourth-order valence-corrected chi connectivity index (χ4v) is 5.05. The number of halogens is 3. The van der Waals surface area contributed by atoms with Crippen LogP contribution in [-0.4, -0.2) is 48.5 Å². The topological polar surface area (TPSA) is 114 Å². The van der Waals surface area contributed by atoms with Crippen molar-refractivity contribution >= 4 is 44.3 Å². The van der Waals surface area contributed by atoms with E-state index in [1.165, 1.54) is 29.0 Å². The number of sulfonamides is 1. The molecule has 1 aliphatic rings. The second kappa shape index (κ2) is 9.32. The van der Waals surface area contributed by atoms with Crippen molar-refractivity contribution in [2.24, 2.45) is 5.14 Å². The van der Waals surface area contributed by atoms with Crippen molar-refractivity contribution in [1.82, 2.24) is 14.8 Å². The number of rotatable bonds is 6. The number of para-hydroxylation sites is 1. The van der Waals surface area contributed by atoms with Crippen LogP contribution in [0.2, 0.25) is 5.02 Å². The van der Waals surface area contributed by atoms with Gasteiger partial charge in [0.25, 0.3) is 0 Å². The van der Waals surface area contributed by atoms with E-state index >= 15 is 0 Å². The van der Waals surface area contributed by atoms with Crippen molar-refractivity contribution in [3.8, 4) is 0 Å². The molecule has 1 aromatic heterocycles. The summed E-state index contributed by atoms with van der Waals surface area (Å²) in [5.74, 6) is -1.87. The highest BCUT2D eigenvalue weighted by Crippen LogP contribution is 2.26.